The number of esters is 2. The van der Waals surface area contributed by atoms with Crippen LogP contribution in [0.15, 0.2) is 12.7 Å². The Morgan fingerprint density at radius 1 is 1.13 bits per heavy atom. The van der Waals surface area contributed by atoms with Crippen LogP contribution in [-0.2, 0) is 28.6 Å². The van der Waals surface area contributed by atoms with E-state index in [1.54, 1.807) is 13.8 Å². The van der Waals surface area contributed by atoms with E-state index in [0.29, 0.717) is 25.9 Å². The predicted octanol–water partition coefficient (Wildman–Crippen LogP) is 1.39. The Bertz CT molecular complexity index is 964. The van der Waals surface area contributed by atoms with Crippen molar-refractivity contribution in [1.29, 1.82) is 0 Å². The summed E-state index contributed by atoms with van der Waals surface area (Å²) in [5, 5.41) is 35.5. The SMILES string of the molecule is C=C[C@@]1(C)CC(=O)[C@]2(O)[C@@]3(C)[C@@H](O)CCC(C)(C)[C@@H]3[C@H](O)[C@H](OC(=O)COC(=O)CN(CC)CC)[C@@]2(C)O1. The number of ketones is 1. The lowest BCUT2D eigenvalue weighted by molar-refractivity contribution is -0.370. The van der Waals surface area contributed by atoms with Gasteiger partial charge in [-0.3, -0.25) is 14.5 Å². The van der Waals surface area contributed by atoms with E-state index >= 15 is 0 Å². The number of hydrogen-bond acceptors (Lipinski definition) is 10. The fraction of sp³-hybridized carbons (Fsp3) is 0.821. The molecule has 1 aliphatic heterocycles. The molecule has 2 saturated carbocycles. The quantitative estimate of drug-likeness (QED) is 0.306. The zero-order valence-corrected chi connectivity index (χ0v) is 23.8. The molecule has 38 heavy (non-hydrogen) atoms. The summed E-state index contributed by atoms with van der Waals surface area (Å²) in [5.41, 5.74) is -7.64. The number of nitrogens with zero attached hydrogens (tertiary/aromatic N) is 1. The van der Waals surface area contributed by atoms with Crippen LogP contribution in [0.5, 0.6) is 0 Å². The molecule has 0 aromatic carbocycles. The number of fused-ring (bicyclic) bond motifs is 3. The molecule has 0 aromatic heterocycles. The van der Waals surface area contributed by atoms with E-state index in [9.17, 15) is 29.7 Å². The highest BCUT2D eigenvalue weighted by Crippen LogP contribution is 2.67. The number of likely N-dealkylation sites (N-methyl/N-ethyl adjacent to an activating group) is 1. The second kappa shape index (κ2) is 10.3. The third-order valence-electron chi connectivity index (χ3n) is 9.58. The van der Waals surface area contributed by atoms with Gasteiger partial charge in [0.2, 0.25) is 0 Å². The Labute approximate surface area is 225 Å². The summed E-state index contributed by atoms with van der Waals surface area (Å²) >= 11 is 0. The van der Waals surface area contributed by atoms with Crippen LogP contribution in [0.25, 0.3) is 0 Å². The van der Waals surface area contributed by atoms with Crippen molar-refractivity contribution < 1.29 is 43.9 Å². The zero-order chi connectivity index (χ0) is 28.9. The molecule has 3 N–H and O–H groups in total. The minimum atomic E-state index is -2.31. The summed E-state index contributed by atoms with van der Waals surface area (Å²) in [4.78, 5) is 40.9. The summed E-state index contributed by atoms with van der Waals surface area (Å²) < 4.78 is 17.2. The van der Waals surface area contributed by atoms with Crippen molar-refractivity contribution in [3.8, 4) is 0 Å². The maximum absolute atomic E-state index is 13.9. The summed E-state index contributed by atoms with van der Waals surface area (Å²) in [5.74, 6) is -2.98. The Morgan fingerprint density at radius 2 is 1.74 bits per heavy atom. The molecule has 0 bridgehead atoms. The minimum Gasteiger partial charge on any atom is -0.454 e. The fourth-order valence-electron chi connectivity index (χ4n) is 7.47. The highest BCUT2D eigenvalue weighted by Gasteiger charge is 2.81. The first-order valence-corrected chi connectivity index (χ1v) is 13.5. The van der Waals surface area contributed by atoms with Crippen LogP contribution in [0.3, 0.4) is 0 Å². The molecule has 0 aromatic rings. The molecule has 0 radical (unpaired) electrons. The van der Waals surface area contributed by atoms with Gasteiger partial charge in [-0.15, -0.1) is 6.58 Å². The number of rotatable bonds is 8. The molecular formula is C28H45NO9. The van der Waals surface area contributed by atoms with Gasteiger partial charge in [-0.2, -0.15) is 0 Å². The lowest BCUT2D eigenvalue weighted by atomic mass is 9.40. The molecule has 10 heteroatoms. The highest BCUT2D eigenvalue weighted by atomic mass is 16.6. The number of aliphatic hydroxyl groups is 3. The molecular weight excluding hydrogens is 494 g/mol. The molecule has 216 valence electrons. The molecule has 0 spiro atoms. The van der Waals surface area contributed by atoms with Gasteiger partial charge < -0.3 is 29.5 Å². The van der Waals surface area contributed by atoms with Crippen LogP contribution >= 0.6 is 0 Å². The number of Topliss-reactive ketones (excluding diaryl/α,β-unsaturated/α-hetero) is 1. The van der Waals surface area contributed by atoms with Crippen molar-refractivity contribution in [1.82, 2.24) is 4.90 Å². The first-order valence-electron chi connectivity index (χ1n) is 13.5. The second-order valence-corrected chi connectivity index (χ2v) is 12.4. The van der Waals surface area contributed by atoms with E-state index < -0.39 is 76.2 Å². The molecule has 3 rings (SSSR count). The molecule has 0 amide bonds. The van der Waals surface area contributed by atoms with Crippen molar-refractivity contribution in [2.75, 3.05) is 26.2 Å². The van der Waals surface area contributed by atoms with Gasteiger partial charge in [0.1, 0.15) is 5.60 Å². The van der Waals surface area contributed by atoms with Crippen LogP contribution in [0.1, 0.15) is 67.7 Å². The topological polar surface area (TPSA) is 143 Å². The van der Waals surface area contributed by atoms with Gasteiger partial charge in [-0.1, -0.05) is 40.7 Å². The molecule has 2 aliphatic carbocycles. The summed E-state index contributed by atoms with van der Waals surface area (Å²) in [6, 6.07) is 0. The first-order chi connectivity index (χ1) is 17.5. The molecule has 1 heterocycles. The lowest BCUT2D eigenvalue weighted by Gasteiger charge is -2.71. The Balaban J connectivity index is 2.02. The van der Waals surface area contributed by atoms with Crippen LogP contribution in [0.4, 0.5) is 0 Å². The second-order valence-electron chi connectivity index (χ2n) is 12.4. The van der Waals surface area contributed by atoms with Crippen molar-refractivity contribution >= 4 is 17.7 Å². The van der Waals surface area contributed by atoms with E-state index in [2.05, 4.69) is 6.58 Å². The van der Waals surface area contributed by atoms with Crippen LogP contribution in [0.2, 0.25) is 0 Å². The lowest BCUT2D eigenvalue weighted by Crippen LogP contribution is -2.86. The predicted molar refractivity (Wildman–Crippen MR) is 138 cm³/mol. The van der Waals surface area contributed by atoms with Gasteiger partial charge in [-0.25, -0.2) is 4.79 Å². The van der Waals surface area contributed by atoms with Gasteiger partial charge in [0.25, 0.3) is 0 Å². The van der Waals surface area contributed by atoms with Crippen molar-refractivity contribution in [3.05, 3.63) is 12.7 Å². The van der Waals surface area contributed by atoms with Gasteiger partial charge in [0.05, 0.1) is 24.4 Å². The van der Waals surface area contributed by atoms with E-state index in [4.69, 9.17) is 14.2 Å². The average Bonchev–Trinajstić information content (AvgIpc) is 2.84. The summed E-state index contributed by atoms with van der Waals surface area (Å²) in [7, 11) is 0. The third kappa shape index (κ3) is 4.52. The Hall–Kier alpha value is -1.85. The van der Waals surface area contributed by atoms with Crippen LogP contribution in [-0.4, -0.2) is 99.3 Å². The maximum Gasteiger partial charge on any atom is 0.344 e. The Morgan fingerprint density at radius 3 is 2.29 bits per heavy atom. The largest absolute Gasteiger partial charge is 0.454 e. The monoisotopic (exact) mass is 539 g/mol. The average molecular weight is 540 g/mol. The molecule has 8 atom stereocenters. The first kappa shape index (κ1) is 30.7. The number of carbonyl (C=O) groups is 3. The minimum absolute atomic E-state index is 0.00556. The number of aliphatic hydroxyl groups excluding tert-OH is 2. The van der Waals surface area contributed by atoms with Gasteiger partial charge in [0.15, 0.2) is 24.1 Å². The van der Waals surface area contributed by atoms with Gasteiger partial charge in [0, 0.05) is 17.8 Å². The fourth-order valence-corrected chi connectivity index (χ4v) is 7.47. The maximum atomic E-state index is 13.9. The summed E-state index contributed by atoms with van der Waals surface area (Å²) in [6.07, 6.45) is -1.99. The van der Waals surface area contributed by atoms with Crippen molar-refractivity contribution in [2.45, 2.75) is 103 Å². The van der Waals surface area contributed by atoms with Crippen LogP contribution in [0, 0.1) is 16.7 Å². The summed E-state index contributed by atoms with van der Waals surface area (Å²) in [6.45, 7) is 16.6. The number of hydrogen-bond donors (Lipinski definition) is 3. The zero-order valence-electron chi connectivity index (χ0n) is 23.8. The van der Waals surface area contributed by atoms with E-state index in [1.165, 1.54) is 13.0 Å². The number of carbonyl (C=O) groups excluding carboxylic acids is 3. The van der Waals surface area contributed by atoms with E-state index in [1.807, 2.05) is 32.6 Å². The normalized spacial score (nSPS) is 42.1. The molecule has 3 fully saturated rings. The standard InChI is InChI=1S/C28H45NO9/c1-9-25(6)14-18(31)28(35)26(7)17(30)12-13-24(4,5)22(26)21(34)23(27(28,8)38-25)37-20(33)16-36-19(32)15-29(10-2)11-3/h9,17,21-23,30,34-35H,1,10-16H2,2-8H3/t17-,21-,22-,23-,25-,26-,27+,28-/m0/s1. The van der Waals surface area contributed by atoms with Gasteiger partial charge in [-0.05, 0) is 45.2 Å². The molecule has 3 aliphatic rings. The molecule has 10 nitrogen and oxygen atoms in total. The molecule has 0 unspecified atom stereocenters. The van der Waals surface area contributed by atoms with Crippen molar-refractivity contribution in [3.63, 3.8) is 0 Å². The number of ether oxygens (including phenoxy) is 3. The van der Waals surface area contributed by atoms with Crippen LogP contribution < -0.4 is 0 Å². The Kier molecular flexibility index (Phi) is 8.30. The third-order valence-corrected chi connectivity index (χ3v) is 9.58. The van der Waals surface area contributed by atoms with E-state index in [0.717, 1.165) is 0 Å². The smallest absolute Gasteiger partial charge is 0.344 e. The van der Waals surface area contributed by atoms with E-state index in [-0.39, 0.29) is 13.0 Å². The van der Waals surface area contributed by atoms with Crippen molar-refractivity contribution in [2.24, 2.45) is 16.7 Å². The highest BCUT2D eigenvalue weighted by molar-refractivity contribution is 5.92. The van der Waals surface area contributed by atoms with Gasteiger partial charge >= 0.3 is 11.9 Å². The molecule has 1 saturated heterocycles.